The van der Waals surface area contributed by atoms with Crippen LogP contribution in [-0.2, 0) is 23.7 Å². The third-order valence-electron chi connectivity index (χ3n) is 5.99. The number of ether oxygens (including phenoxy) is 4. The summed E-state index contributed by atoms with van der Waals surface area (Å²) in [5.74, 6) is 0.0341. The maximum absolute atomic E-state index is 12.5. The maximum atomic E-state index is 12.5. The molecule has 3 rings (SSSR count). The van der Waals surface area contributed by atoms with Crippen LogP contribution in [0.4, 0.5) is 0 Å². The van der Waals surface area contributed by atoms with Crippen molar-refractivity contribution in [1.29, 1.82) is 0 Å². The van der Waals surface area contributed by atoms with Gasteiger partial charge in [0.15, 0.2) is 0 Å². The minimum atomic E-state index is -0.861. The molecule has 2 saturated heterocycles. The van der Waals surface area contributed by atoms with Gasteiger partial charge >= 0.3 is 5.97 Å². The van der Waals surface area contributed by atoms with E-state index in [2.05, 4.69) is 20.8 Å². The second-order valence-corrected chi connectivity index (χ2v) is 8.15. The molecule has 6 atom stereocenters. The van der Waals surface area contributed by atoms with Crippen molar-refractivity contribution in [3.63, 3.8) is 0 Å². The predicted octanol–water partition coefficient (Wildman–Crippen LogP) is 4.04. The van der Waals surface area contributed by atoms with E-state index in [-0.39, 0.29) is 24.1 Å². The molecule has 1 saturated carbocycles. The summed E-state index contributed by atoms with van der Waals surface area (Å²) in [4.78, 5) is 12.5. The molecule has 2 heterocycles. The molecular weight excluding hydrogens is 320 g/mol. The van der Waals surface area contributed by atoms with E-state index in [1.54, 1.807) is 0 Å². The molecule has 0 aromatic heterocycles. The number of hydrogen-bond acceptors (Lipinski definition) is 5. The van der Waals surface area contributed by atoms with E-state index in [4.69, 9.17) is 18.9 Å². The monoisotopic (exact) mass is 354 g/mol. The SMILES string of the molecule is CCCC(CC)COC(=O)C1CCC2OC3(CC(C)CCO3)OC2C1. The lowest BCUT2D eigenvalue weighted by molar-refractivity contribution is -0.362. The molecule has 0 aromatic carbocycles. The van der Waals surface area contributed by atoms with Crippen LogP contribution in [0.5, 0.6) is 0 Å². The summed E-state index contributed by atoms with van der Waals surface area (Å²) in [6, 6.07) is 0. The molecule has 1 spiro atoms. The van der Waals surface area contributed by atoms with Gasteiger partial charge in [-0.2, -0.15) is 0 Å². The van der Waals surface area contributed by atoms with Crippen molar-refractivity contribution in [2.45, 2.75) is 90.3 Å². The van der Waals surface area contributed by atoms with Gasteiger partial charge < -0.3 is 18.9 Å². The predicted molar refractivity (Wildman–Crippen MR) is 93.8 cm³/mol. The highest BCUT2D eigenvalue weighted by Gasteiger charge is 2.53. The summed E-state index contributed by atoms with van der Waals surface area (Å²) in [5, 5.41) is 0. The molecule has 144 valence electrons. The zero-order valence-electron chi connectivity index (χ0n) is 16.0. The Hall–Kier alpha value is -0.650. The standard InChI is InChI=1S/C20H34O5/c1-4-6-15(5-2)13-22-19(21)16-7-8-17-18(11-16)25-20(24-17)12-14(3)9-10-23-20/h14-18H,4-13H2,1-3H3. The summed E-state index contributed by atoms with van der Waals surface area (Å²) in [6.45, 7) is 7.78. The fraction of sp³-hybridized carbons (Fsp3) is 0.950. The number of rotatable bonds is 6. The third-order valence-corrected chi connectivity index (χ3v) is 5.99. The van der Waals surface area contributed by atoms with Crippen molar-refractivity contribution in [1.82, 2.24) is 0 Å². The van der Waals surface area contributed by atoms with Crippen LogP contribution >= 0.6 is 0 Å². The Balaban J connectivity index is 1.50. The van der Waals surface area contributed by atoms with Crippen LogP contribution in [0.2, 0.25) is 0 Å². The van der Waals surface area contributed by atoms with Gasteiger partial charge in [-0.25, -0.2) is 0 Å². The average molecular weight is 354 g/mol. The number of hydrogen-bond donors (Lipinski definition) is 0. The molecule has 5 nitrogen and oxygen atoms in total. The molecule has 6 unspecified atom stereocenters. The second kappa shape index (κ2) is 8.36. The highest BCUT2D eigenvalue weighted by Crippen LogP contribution is 2.44. The fourth-order valence-electron chi connectivity index (χ4n) is 4.36. The Bertz CT molecular complexity index is 453. The number of fused-ring (bicyclic) bond motifs is 1. The zero-order valence-corrected chi connectivity index (χ0v) is 16.0. The topological polar surface area (TPSA) is 54.0 Å². The van der Waals surface area contributed by atoms with Gasteiger partial charge in [0.2, 0.25) is 0 Å². The summed E-state index contributed by atoms with van der Waals surface area (Å²) in [7, 11) is 0. The van der Waals surface area contributed by atoms with Crippen LogP contribution < -0.4 is 0 Å². The normalized spacial score (nSPS) is 39.2. The smallest absolute Gasteiger partial charge is 0.309 e. The zero-order chi connectivity index (χ0) is 17.9. The van der Waals surface area contributed by atoms with Crippen LogP contribution in [0.15, 0.2) is 0 Å². The maximum Gasteiger partial charge on any atom is 0.309 e. The van der Waals surface area contributed by atoms with E-state index >= 15 is 0 Å². The minimum absolute atomic E-state index is 0.0470. The van der Waals surface area contributed by atoms with Gasteiger partial charge in [0.25, 0.3) is 5.97 Å². The molecule has 3 aliphatic rings. The first-order valence-electron chi connectivity index (χ1n) is 10.2. The van der Waals surface area contributed by atoms with E-state index < -0.39 is 5.97 Å². The fourth-order valence-corrected chi connectivity index (χ4v) is 4.36. The van der Waals surface area contributed by atoms with E-state index in [9.17, 15) is 4.79 Å². The summed E-state index contributed by atoms with van der Waals surface area (Å²) in [5.41, 5.74) is 0. The summed E-state index contributed by atoms with van der Waals surface area (Å²) < 4.78 is 23.8. The van der Waals surface area contributed by atoms with Crippen molar-refractivity contribution in [2.75, 3.05) is 13.2 Å². The molecule has 0 amide bonds. The van der Waals surface area contributed by atoms with Crippen molar-refractivity contribution in [3.05, 3.63) is 0 Å². The van der Waals surface area contributed by atoms with Crippen molar-refractivity contribution in [3.8, 4) is 0 Å². The number of esters is 1. The van der Waals surface area contributed by atoms with Crippen LogP contribution in [0.25, 0.3) is 0 Å². The van der Waals surface area contributed by atoms with Crippen LogP contribution in [0.1, 0.15) is 72.1 Å². The Kier molecular flexibility index (Phi) is 6.39. The van der Waals surface area contributed by atoms with Gasteiger partial charge in [0.1, 0.15) is 0 Å². The molecular formula is C20H34O5. The van der Waals surface area contributed by atoms with E-state index in [0.717, 1.165) is 44.9 Å². The van der Waals surface area contributed by atoms with Gasteiger partial charge in [-0.3, -0.25) is 4.79 Å². The van der Waals surface area contributed by atoms with Crippen molar-refractivity contribution in [2.24, 2.45) is 17.8 Å². The molecule has 0 radical (unpaired) electrons. The third kappa shape index (κ3) is 4.55. The van der Waals surface area contributed by atoms with E-state index in [1.807, 2.05) is 0 Å². The molecule has 2 aliphatic heterocycles. The van der Waals surface area contributed by atoms with Gasteiger partial charge in [0.05, 0.1) is 31.3 Å². The first-order chi connectivity index (χ1) is 12.0. The summed E-state index contributed by atoms with van der Waals surface area (Å²) in [6.07, 6.45) is 7.50. The van der Waals surface area contributed by atoms with Crippen molar-refractivity contribution < 1.29 is 23.7 Å². The average Bonchev–Trinajstić information content (AvgIpc) is 2.94. The van der Waals surface area contributed by atoms with E-state index in [0.29, 0.717) is 31.5 Å². The van der Waals surface area contributed by atoms with Crippen LogP contribution in [-0.4, -0.2) is 37.4 Å². The van der Waals surface area contributed by atoms with Crippen molar-refractivity contribution >= 4 is 5.97 Å². The largest absolute Gasteiger partial charge is 0.465 e. The van der Waals surface area contributed by atoms with Gasteiger partial charge in [-0.1, -0.05) is 33.6 Å². The summed E-state index contributed by atoms with van der Waals surface area (Å²) >= 11 is 0. The number of carbonyl (C=O) groups is 1. The first-order valence-corrected chi connectivity index (χ1v) is 10.2. The van der Waals surface area contributed by atoms with Crippen LogP contribution in [0.3, 0.4) is 0 Å². The Morgan fingerprint density at radius 2 is 2.00 bits per heavy atom. The van der Waals surface area contributed by atoms with Gasteiger partial charge in [-0.15, -0.1) is 0 Å². The van der Waals surface area contributed by atoms with Gasteiger partial charge in [0, 0.05) is 6.42 Å². The molecule has 5 heteroatoms. The van der Waals surface area contributed by atoms with Crippen LogP contribution in [0, 0.1) is 17.8 Å². The lowest BCUT2D eigenvalue weighted by atomic mass is 9.85. The quantitative estimate of drug-likeness (QED) is 0.674. The lowest BCUT2D eigenvalue weighted by Gasteiger charge is -2.34. The Morgan fingerprint density at radius 1 is 1.20 bits per heavy atom. The highest BCUT2D eigenvalue weighted by molar-refractivity contribution is 5.72. The molecule has 0 N–H and O–H groups in total. The molecule has 0 aromatic rings. The highest BCUT2D eigenvalue weighted by atomic mass is 16.9. The minimum Gasteiger partial charge on any atom is -0.465 e. The number of carbonyl (C=O) groups excluding carboxylic acids is 1. The molecule has 3 fully saturated rings. The molecule has 25 heavy (non-hydrogen) atoms. The molecule has 0 bridgehead atoms. The Labute approximate surface area is 151 Å². The van der Waals surface area contributed by atoms with E-state index in [1.165, 1.54) is 0 Å². The first kappa shape index (κ1) is 19.1. The Morgan fingerprint density at radius 3 is 2.72 bits per heavy atom. The molecule has 1 aliphatic carbocycles. The van der Waals surface area contributed by atoms with Gasteiger partial charge in [-0.05, 0) is 43.9 Å². The second-order valence-electron chi connectivity index (χ2n) is 8.15. The lowest BCUT2D eigenvalue weighted by Crippen LogP contribution is -2.41.